The summed E-state index contributed by atoms with van der Waals surface area (Å²) in [6, 6.07) is 0. The van der Waals surface area contributed by atoms with Gasteiger partial charge < -0.3 is 5.11 Å². The molecule has 0 aromatic carbocycles. The number of carboxylic acids is 1. The smallest absolute Gasteiger partial charge is 0.310 e. The standard InChI is InChI=1S/C9H10F2O3/c10-9(11)1-5(2-9)8(7(13)14)3-6(12)4-8/h5H,1-4H2,(H,13,14). The normalized spacial score (nSPS) is 29.1. The summed E-state index contributed by atoms with van der Waals surface area (Å²) >= 11 is 0. The Labute approximate surface area is 79.1 Å². The predicted molar refractivity (Wildman–Crippen MR) is 42.0 cm³/mol. The average molecular weight is 204 g/mol. The van der Waals surface area contributed by atoms with E-state index in [2.05, 4.69) is 0 Å². The molecule has 0 unspecified atom stereocenters. The van der Waals surface area contributed by atoms with Crippen molar-refractivity contribution in [1.29, 1.82) is 0 Å². The van der Waals surface area contributed by atoms with Gasteiger partial charge in [-0.15, -0.1) is 0 Å². The molecule has 2 saturated carbocycles. The van der Waals surface area contributed by atoms with E-state index >= 15 is 0 Å². The number of hydrogen-bond acceptors (Lipinski definition) is 2. The molecule has 3 nitrogen and oxygen atoms in total. The maximum atomic E-state index is 12.6. The van der Waals surface area contributed by atoms with E-state index in [4.69, 9.17) is 5.11 Å². The molecule has 1 N–H and O–H groups in total. The van der Waals surface area contributed by atoms with Crippen molar-refractivity contribution >= 4 is 11.8 Å². The first kappa shape index (κ1) is 9.55. The highest BCUT2D eigenvalue weighted by molar-refractivity contribution is 5.97. The Hall–Kier alpha value is -1.00. The zero-order chi connectivity index (χ0) is 10.6. The van der Waals surface area contributed by atoms with Gasteiger partial charge in [-0.1, -0.05) is 0 Å². The maximum Gasteiger partial charge on any atom is 0.310 e. The molecule has 2 rings (SSSR count). The number of carbonyl (C=O) groups excluding carboxylic acids is 1. The second kappa shape index (κ2) is 2.52. The minimum Gasteiger partial charge on any atom is -0.481 e. The number of Topliss-reactive ketones (excluding diaryl/α,β-unsaturated/α-hetero) is 1. The van der Waals surface area contributed by atoms with Gasteiger partial charge in [-0.2, -0.15) is 0 Å². The third-order valence-corrected chi connectivity index (χ3v) is 3.32. The summed E-state index contributed by atoms with van der Waals surface area (Å²) in [5.41, 5.74) is -1.17. The van der Waals surface area contributed by atoms with Crippen molar-refractivity contribution in [2.24, 2.45) is 11.3 Å². The Kier molecular flexibility index (Phi) is 1.72. The van der Waals surface area contributed by atoms with Gasteiger partial charge in [0.2, 0.25) is 5.92 Å². The lowest BCUT2D eigenvalue weighted by molar-refractivity contribution is -0.192. The molecule has 2 fully saturated rings. The van der Waals surface area contributed by atoms with Crippen LogP contribution in [0.4, 0.5) is 8.78 Å². The maximum absolute atomic E-state index is 12.6. The van der Waals surface area contributed by atoms with E-state index in [0.29, 0.717) is 0 Å². The molecule has 2 aliphatic carbocycles. The lowest BCUT2D eigenvalue weighted by Gasteiger charge is -2.49. The summed E-state index contributed by atoms with van der Waals surface area (Å²) in [5.74, 6) is -4.47. The highest BCUT2D eigenvalue weighted by Crippen LogP contribution is 2.57. The number of carbonyl (C=O) groups is 2. The van der Waals surface area contributed by atoms with Crippen LogP contribution in [0, 0.1) is 11.3 Å². The SMILES string of the molecule is O=C1CC(C(=O)O)(C2CC(F)(F)C2)C1. The van der Waals surface area contributed by atoms with E-state index in [9.17, 15) is 18.4 Å². The summed E-state index contributed by atoms with van der Waals surface area (Å²) in [4.78, 5) is 21.7. The van der Waals surface area contributed by atoms with E-state index in [1.165, 1.54) is 0 Å². The molecule has 0 heterocycles. The van der Waals surface area contributed by atoms with Crippen molar-refractivity contribution in [1.82, 2.24) is 0 Å². The van der Waals surface area contributed by atoms with E-state index in [1.54, 1.807) is 0 Å². The Morgan fingerprint density at radius 1 is 1.36 bits per heavy atom. The highest BCUT2D eigenvalue weighted by atomic mass is 19.3. The van der Waals surface area contributed by atoms with Gasteiger partial charge >= 0.3 is 5.97 Å². The molecule has 14 heavy (non-hydrogen) atoms. The van der Waals surface area contributed by atoms with Gasteiger partial charge in [-0.3, -0.25) is 9.59 Å². The zero-order valence-electron chi connectivity index (χ0n) is 7.43. The second-order valence-electron chi connectivity index (χ2n) is 4.31. The third kappa shape index (κ3) is 1.14. The number of aliphatic carboxylic acids is 1. The van der Waals surface area contributed by atoms with Crippen LogP contribution >= 0.6 is 0 Å². The largest absolute Gasteiger partial charge is 0.481 e. The quantitative estimate of drug-likeness (QED) is 0.740. The van der Waals surface area contributed by atoms with Gasteiger partial charge in [0.25, 0.3) is 0 Å². The van der Waals surface area contributed by atoms with Gasteiger partial charge in [0, 0.05) is 25.7 Å². The van der Waals surface area contributed by atoms with Gasteiger partial charge in [-0.05, 0) is 5.92 Å². The summed E-state index contributed by atoms with van der Waals surface area (Å²) in [5, 5.41) is 8.91. The Balaban J connectivity index is 2.08. The number of carboxylic acid groups (broad SMARTS) is 1. The van der Waals surface area contributed by atoms with E-state index < -0.39 is 23.2 Å². The van der Waals surface area contributed by atoms with Gasteiger partial charge in [0.05, 0.1) is 5.41 Å². The Morgan fingerprint density at radius 3 is 2.14 bits per heavy atom. The molecule has 0 bridgehead atoms. The Morgan fingerprint density at radius 2 is 1.86 bits per heavy atom. The van der Waals surface area contributed by atoms with E-state index in [0.717, 1.165) is 0 Å². The number of hydrogen-bond donors (Lipinski definition) is 1. The molecule has 0 spiro atoms. The first-order chi connectivity index (χ1) is 6.36. The number of halogens is 2. The molecule has 0 atom stereocenters. The molecular formula is C9H10F2O3. The number of rotatable bonds is 2. The van der Waals surface area contributed by atoms with Crippen LogP contribution in [0.2, 0.25) is 0 Å². The third-order valence-electron chi connectivity index (χ3n) is 3.32. The van der Waals surface area contributed by atoms with Crippen molar-refractivity contribution in [3.05, 3.63) is 0 Å². The van der Waals surface area contributed by atoms with Crippen LogP contribution in [0.5, 0.6) is 0 Å². The van der Waals surface area contributed by atoms with Crippen molar-refractivity contribution in [2.75, 3.05) is 0 Å². The average Bonchev–Trinajstić information content (AvgIpc) is 1.92. The highest BCUT2D eigenvalue weighted by Gasteiger charge is 2.63. The Bertz CT molecular complexity index is 295. The number of ketones is 1. The fraction of sp³-hybridized carbons (Fsp3) is 0.778. The van der Waals surface area contributed by atoms with Crippen LogP contribution in [-0.2, 0) is 9.59 Å². The molecule has 0 saturated heterocycles. The monoisotopic (exact) mass is 204 g/mol. The molecule has 0 aliphatic heterocycles. The first-order valence-corrected chi connectivity index (χ1v) is 4.49. The van der Waals surface area contributed by atoms with Crippen LogP contribution in [0.3, 0.4) is 0 Å². The van der Waals surface area contributed by atoms with Gasteiger partial charge in [-0.25, -0.2) is 8.78 Å². The lowest BCUT2D eigenvalue weighted by Crippen LogP contribution is -2.56. The zero-order valence-corrected chi connectivity index (χ0v) is 7.43. The van der Waals surface area contributed by atoms with Crippen molar-refractivity contribution < 1.29 is 23.5 Å². The summed E-state index contributed by atoms with van der Waals surface area (Å²) in [6.07, 6.45) is -0.898. The van der Waals surface area contributed by atoms with Crippen LogP contribution < -0.4 is 0 Å². The summed E-state index contributed by atoms with van der Waals surface area (Å²) < 4.78 is 25.1. The van der Waals surface area contributed by atoms with Crippen molar-refractivity contribution in [3.8, 4) is 0 Å². The fourth-order valence-electron chi connectivity index (χ4n) is 2.32. The van der Waals surface area contributed by atoms with E-state index in [-0.39, 0.29) is 31.5 Å². The van der Waals surface area contributed by atoms with Crippen LogP contribution in [0.1, 0.15) is 25.7 Å². The first-order valence-electron chi connectivity index (χ1n) is 4.49. The molecule has 0 aromatic heterocycles. The molecule has 0 amide bonds. The van der Waals surface area contributed by atoms with Gasteiger partial charge in [0.15, 0.2) is 0 Å². The minimum atomic E-state index is -2.72. The second-order valence-corrected chi connectivity index (χ2v) is 4.31. The molecule has 0 aromatic rings. The van der Waals surface area contributed by atoms with E-state index in [1.807, 2.05) is 0 Å². The summed E-state index contributed by atoms with van der Waals surface area (Å²) in [7, 11) is 0. The minimum absolute atomic E-state index is 0.0664. The topological polar surface area (TPSA) is 54.4 Å². The fourth-order valence-corrected chi connectivity index (χ4v) is 2.32. The van der Waals surface area contributed by atoms with Crippen molar-refractivity contribution in [3.63, 3.8) is 0 Å². The molecular weight excluding hydrogens is 194 g/mol. The lowest BCUT2D eigenvalue weighted by atomic mass is 9.53. The van der Waals surface area contributed by atoms with Crippen LogP contribution in [-0.4, -0.2) is 22.8 Å². The van der Waals surface area contributed by atoms with Crippen molar-refractivity contribution in [2.45, 2.75) is 31.6 Å². The molecule has 78 valence electrons. The number of alkyl halides is 2. The van der Waals surface area contributed by atoms with Gasteiger partial charge in [0.1, 0.15) is 5.78 Å². The van der Waals surface area contributed by atoms with Crippen LogP contribution in [0.15, 0.2) is 0 Å². The predicted octanol–water partition coefficient (Wildman–Crippen LogP) is 1.47. The summed E-state index contributed by atoms with van der Waals surface area (Å²) in [6.45, 7) is 0. The molecule has 0 radical (unpaired) electrons. The van der Waals surface area contributed by atoms with Crippen LogP contribution in [0.25, 0.3) is 0 Å². The molecule has 5 heteroatoms. The molecule has 2 aliphatic rings.